The van der Waals surface area contributed by atoms with Gasteiger partial charge in [-0.15, -0.1) is 0 Å². The molecule has 0 amide bonds. The van der Waals surface area contributed by atoms with Crippen molar-refractivity contribution in [2.75, 3.05) is 13.2 Å². The highest BCUT2D eigenvalue weighted by Gasteiger charge is 2.38. The Bertz CT molecular complexity index is 130. The van der Waals surface area contributed by atoms with Gasteiger partial charge in [-0.05, 0) is 12.8 Å². The Labute approximate surface area is 67.9 Å². The standard InChI is InChI=1S/C8H17NO2/c1-6(2)7(9)8(3)10-4-5-11-8/h6-7H,4-5,9H2,1-3H3/t7-/m0/s1. The van der Waals surface area contributed by atoms with E-state index >= 15 is 0 Å². The quantitative estimate of drug-likeness (QED) is 0.646. The summed E-state index contributed by atoms with van der Waals surface area (Å²) in [6.45, 7) is 7.38. The number of hydrogen-bond acceptors (Lipinski definition) is 3. The smallest absolute Gasteiger partial charge is 0.181 e. The van der Waals surface area contributed by atoms with Gasteiger partial charge in [-0.3, -0.25) is 0 Å². The Hall–Kier alpha value is -0.120. The zero-order valence-corrected chi connectivity index (χ0v) is 7.46. The number of hydrogen-bond donors (Lipinski definition) is 1. The van der Waals surface area contributed by atoms with E-state index in [1.165, 1.54) is 0 Å². The minimum Gasteiger partial charge on any atom is -0.346 e. The van der Waals surface area contributed by atoms with Crippen LogP contribution in [0.4, 0.5) is 0 Å². The topological polar surface area (TPSA) is 44.5 Å². The molecule has 3 nitrogen and oxygen atoms in total. The second kappa shape index (κ2) is 3.09. The predicted molar refractivity (Wildman–Crippen MR) is 43.1 cm³/mol. The zero-order chi connectivity index (χ0) is 8.48. The molecule has 0 aliphatic carbocycles. The molecule has 0 aromatic carbocycles. The lowest BCUT2D eigenvalue weighted by molar-refractivity contribution is -0.165. The first-order valence-corrected chi connectivity index (χ1v) is 4.10. The van der Waals surface area contributed by atoms with E-state index in [1.54, 1.807) is 0 Å². The van der Waals surface area contributed by atoms with Crippen LogP contribution in [0.1, 0.15) is 20.8 Å². The summed E-state index contributed by atoms with van der Waals surface area (Å²) in [6, 6.07) is -0.0370. The maximum absolute atomic E-state index is 5.91. The van der Waals surface area contributed by atoms with Gasteiger partial charge in [-0.25, -0.2) is 0 Å². The molecular formula is C8H17NO2. The molecule has 1 rings (SSSR count). The fraction of sp³-hybridized carbons (Fsp3) is 1.00. The van der Waals surface area contributed by atoms with Gasteiger partial charge in [0.2, 0.25) is 0 Å². The second-order valence-corrected chi connectivity index (χ2v) is 3.48. The van der Waals surface area contributed by atoms with Gasteiger partial charge in [0.15, 0.2) is 5.79 Å². The van der Waals surface area contributed by atoms with Crippen molar-refractivity contribution in [2.45, 2.75) is 32.6 Å². The minimum absolute atomic E-state index is 0.0370. The zero-order valence-electron chi connectivity index (χ0n) is 7.46. The van der Waals surface area contributed by atoms with Crippen LogP contribution in [0.15, 0.2) is 0 Å². The first-order valence-electron chi connectivity index (χ1n) is 4.10. The van der Waals surface area contributed by atoms with Crippen LogP contribution in [0.3, 0.4) is 0 Å². The molecular weight excluding hydrogens is 142 g/mol. The molecule has 0 unspecified atom stereocenters. The van der Waals surface area contributed by atoms with Gasteiger partial charge in [0, 0.05) is 0 Å². The van der Waals surface area contributed by atoms with Gasteiger partial charge in [-0.2, -0.15) is 0 Å². The van der Waals surface area contributed by atoms with Crippen molar-refractivity contribution >= 4 is 0 Å². The predicted octanol–water partition coefficient (Wildman–Crippen LogP) is 0.733. The largest absolute Gasteiger partial charge is 0.346 e. The summed E-state index contributed by atoms with van der Waals surface area (Å²) in [6.07, 6.45) is 0. The van der Waals surface area contributed by atoms with E-state index in [0.717, 1.165) is 0 Å². The summed E-state index contributed by atoms with van der Waals surface area (Å²) in [5, 5.41) is 0. The molecule has 1 heterocycles. The molecule has 11 heavy (non-hydrogen) atoms. The highest BCUT2D eigenvalue weighted by atomic mass is 16.7. The van der Waals surface area contributed by atoms with Gasteiger partial charge >= 0.3 is 0 Å². The van der Waals surface area contributed by atoms with E-state index in [9.17, 15) is 0 Å². The van der Waals surface area contributed by atoms with Crippen LogP contribution < -0.4 is 5.73 Å². The summed E-state index contributed by atoms with van der Waals surface area (Å²) >= 11 is 0. The molecule has 1 saturated heterocycles. The molecule has 1 atom stereocenters. The van der Waals surface area contributed by atoms with Crippen molar-refractivity contribution < 1.29 is 9.47 Å². The monoisotopic (exact) mass is 159 g/mol. The van der Waals surface area contributed by atoms with Gasteiger partial charge in [0.1, 0.15) is 0 Å². The lowest BCUT2D eigenvalue weighted by Gasteiger charge is -2.31. The van der Waals surface area contributed by atoms with Gasteiger partial charge in [0.25, 0.3) is 0 Å². The third-order valence-corrected chi connectivity index (χ3v) is 2.18. The molecule has 1 aliphatic heterocycles. The number of nitrogens with two attached hydrogens (primary N) is 1. The summed E-state index contributed by atoms with van der Waals surface area (Å²) in [5.41, 5.74) is 5.91. The molecule has 0 bridgehead atoms. The van der Waals surface area contributed by atoms with E-state index in [0.29, 0.717) is 19.1 Å². The second-order valence-electron chi connectivity index (χ2n) is 3.48. The van der Waals surface area contributed by atoms with Crippen LogP contribution in [0.5, 0.6) is 0 Å². The third-order valence-electron chi connectivity index (χ3n) is 2.18. The van der Waals surface area contributed by atoms with Crippen molar-refractivity contribution in [1.29, 1.82) is 0 Å². The molecule has 3 heteroatoms. The van der Waals surface area contributed by atoms with Crippen LogP contribution in [0, 0.1) is 5.92 Å². The Kier molecular flexibility index (Phi) is 2.52. The summed E-state index contributed by atoms with van der Waals surface area (Å²) < 4.78 is 10.8. The van der Waals surface area contributed by atoms with Crippen molar-refractivity contribution in [1.82, 2.24) is 0 Å². The Morgan fingerprint density at radius 3 is 2.09 bits per heavy atom. The third kappa shape index (κ3) is 1.72. The maximum atomic E-state index is 5.91. The van der Waals surface area contributed by atoms with E-state index in [4.69, 9.17) is 15.2 Å². The highest BCUT2D eigenvalue weighted by Crippen LogP contribution is 2.25. The SMILES string of the molecule is CC(C)[C@H](N)C1(C)OCCO1. The lowest BCUT2D eigenvalue weighted by Crippen LogP contribution is -2.49. The Morgan fingerprint density at radius 2 is 1.73 bits per heavy atom. The van der Waals surface area contributed by atoms with Crippen molar-refractivity contribution in [2.24, 2.45) is 11.7 Å². The highest BCUT2D eigenvalue weighted by molar-refractivity contribution is 4.83. The lowest BCUT2D eigenvalue weighted by atomic mass is 9.98. The average Bonchev–Trinajstić information content (AvgIpc) is 2.35. The molecule has 2 N–H and O–H groups in total. The summed E-state index contributed by atoms with van der Waals surface area (Å²) in [7, 11) is 0. The van der Waals surface area contributed by atoms with Crippen molar-refractivity contribution in [3.63, 3.8) is 0 Å². The van der Waals surface area contributed by atoms with Crippen molar-refractivity contribution in [3.8, 4) is 0 Å². The Balaban J connectivity index is 2.56. The van der Waals surface area contributed by atoms with Gasteiger partial charge in [0.05, 0.1) is 19.3 Å². The fourth-order valence-electron chi connectivity index (χ4n) is 1.33. The van der Waals surface area contributed by atoms with Crippen molar-refractivity contribution in [3.05, 3.63) is 0 Å². The van der Waals surface area contributed by atoms with E-state index in [1.807, 2.05) is 6.92 Å². The minimum atomic E-state index is -0.547. The summed E-state index contributed by atoms with van der Waals surface area (Å²) in [4.78, 5) is 0. The number of rotatable bonds is 2. The first kappa shape index (κ1) is 8.97. The molecule has 0 aromatic rings. The average molecular weight is 159 g/mol. The van der Waals surface area contributed by atoms with E-state index in [2.05, 4.69) is 13.8 Å². The fourth-order valence-corrected chi connectivity index (χ4v) is 1.33. The molecule has 1 fully saturated rings. The van der Waals surface area contributed by atoms with Crippen LogP contribution in [0.2, 0.25) is 0 Å². The molecule has 0 aromatic heterocycles. The van der Waals surface area contributed by atoms with Crippen LogP contribution >= 0.6 is 0 Å². The molecule has 1 aliphatic rings. The number of ether oxygens (including phenoxy) is 2. The van der Waals surface area contributed by atoms with Crippen LogP contribution in [0.25, 0.3) is 0 Å². The molecule has 0 radical (unpaired) electrons. The van der Waals surface area contributed by atoms with E-state index in [-0.39, 0.29) is 6.04 Å². The van der Waals surface area contributed by atoms with E-state index < -0.39 is 5.79 Å². The summed E-state index contributed by atoms with van der Waals surface area (Å²) in [5.74, 6) is -0.160. The molecule has 66 valence electrons. The van der Waals surface area contributed by atoms with Gasteiger partial charge in [-0.1, -0.05) is 13.8 Å². The maximum Gasteiger partial charge on any atom is 0.181 e. The van der Waals surface area contributed by atoms with Crippen LogP contribution in [-0.4, -0.2) is 25.0 Å². The first-order chi connectivity index (χ1) is 5.06. The van der Waals surface area contributed by atoms with Crippen LogP contribution in [-0.2, 0) is 9.47 Å². The molecule has 0 spiro atoms. The van der Waals surface area contributed by atoms with Gasteiger partial charge < -0.3 is 15.2 Å². The normalized spacial score (nSPS) is 25.9. The molecule has 0 saturated carbocycles. The Morgan fingerprint density at radius 1 is 1.27 bits per heavy atom.